The molecule has 28 heavy (non-hydrogen) atoms. The van der Waals surface area contributed by atoms with Crippen LogP contribution < -0.4 is 10.1 Å². The van der Waals surface area contributed by atoms with Gasteiger partial charge in [0.05, 0.1) is 0 Å². The van der Waals surface area contributed by atoms with Crippen molar-refractivity contribution in [2.45, 2.75) is 59.2 Å². The molecule has 0 saturated carbocycles. The first-order valence-corrected chi connectivity index (χ1v) is 10.4. The first-order chi connectivity index (χ1) is 13.6. The summed E-state index contributed by atoms with van der Waals surface area (Å²) in [5.41, 5.74) is 4.66. The van der Waals surface area contributed by atoms with Crippen LogP contribution in [0.2, 0.25) is 0 Å². The van der Waals surface area contributed by atoms with Gasteiger partial charge in [-0.15, -0.1) is 0 Å². The van der Waals surface area contributed by atoms with Crippen LogP contribution in [0, 0.1) is 13.8 Å². The smallest absolute Gasteiger partial charge is 0.261 e. The van der Waals surface area contributed by atoms with Crippen molar-refractivity contribution in [1.29, 1.82) is 0 Å². The molecule has 3 rings (SSSR count). The number of carbonyl (C=O) groups excluding carboxylic acids is 1. The van der Waals surface area contributed by atoms with Crippen LogP contribution in [-0.2, 0) is 17.9 Å². The minimum atomic E-state index is -0.480. The molecule has 1 fully saturated rings. The second-order valence-electron chi connectivity index (χ2n) is 7.75. The molecule has 0 aromatic heterocycles. The molecule has 1 aliphatic rings. The zero-order valence-corrected chi connectivity index (χ0v) is 17.3. The van der Waals surface area contributed by atoms with E-state index in [1.54, 1.807) is 0 Å². The fraction of sp³-hybridized carbons (Fsp3) is 0.458. The average Bonchev–Trinajstić information content (AvgIpc) is 3.20. The molecular weight excluding hydrogens is 348 g/mol. The van der Waals surface area contributed by atoms with Gasteiger partial charge in [0.2, 0.25) is 0 Å². The minimum Gasteiger partial charge on any atom is -0.480 e. The average molecular weight is 381 g/mol. The van der Waals surface area contributed by atoms with Crippen LogP contribution >= 0.6 is 0 Å². The maximum absolute atomic E-state index is 12.8. The van der Waals surface area contributed by atoms with Crippen LogP contribution in [-0.4, -0.2) is 30.0 Å². The lowest BCUT2D eigenvalue weighted by molar-refractivity contribution is -0.128. The van der Waals surface area contributed by atoms with Crippen molar-refractivity contribution in [3.63, 3.8) is 0 Å². The molecule has 2 aromatic carbocycles. The highest BCUT2D eigenvalue weighted by Gasteiger charge is 2.20. The predicted octanol–water partition coefficient (Wildman–Crippen LogP) is 4.37. The summed E-state index contributed by atoms with van der Waals surface area (Å²) in [6.45, 7) is 9.86. The number of hydrogen-bond donors (Lipinski definition) is 1. The number of benzene rings is 2. The summed E-state index contributed by atoms with van der Waals surface area (Å²) in [4.78, 5) is 15.2. The van der Waals surface area contributed by atoms with Gasteiger partial charge in [-0.05, 0) is 74.5 Å². The highest BCUT2D eigenvalue weighted by Crippen LogP contribution is 2.21. The Labute approximate surface area is 168 Å². The van der Waals surface area contributed by atoms with Crippen molar-refractivity contribution in [1.82, 2.24) is 10.2 Å². The Balaban J connectivity index is 1.61. The number of hydrogen-bond acceptors (Lipinski definition) is 3. The first kappa shape index (κ1) is 20.4. The maximum Gasteiger partial charge on any atom is 0.261 e. The van der Waals surface area contributed by atoms with E-state index in [-0.39, 0.29) is 5.91 Å². The van der Waals surface area contributed by atoms with E-state index < -0.39 is 6.10 Å². The number of nitrogens with one attached hydrogen (secondary N) is 1. The Morgan fingerprint density at radius 2 is 1.82 bits per heavy atom. The topological polar surface area (TPSA) is 41.6 Å². The summed E-state index contributed by atoms with van der Waals surface area (Å²) >= 11 is 0. The zero-order chi connectivity index (χ0) is 19.9. The van der Waals surface area contributed by atoms with Crippen LogP contribution in [0.15, 0.2) is 42.5 Å². The van der Waals surface area contributed by atoms with E-state index in [4.69, 9.17) is 4.74 Å². The van der Waals surface area contributed by atoms with Gasteiger partial charge in [-0.1, -0.05) is 43.3 Å². The van der Waals surface area contributed by atoms with E-state index in [9.17, 15) is 4.79 Å². The molecule has 0 spiro atoms. The van der Waals surface area contributed by atoms with Gasteiger partial charge in [0.25, 0.3) is 5.91 Å². The molecule has 0 aliphatic carbocycles. The molecule has 1 unspecified atom stereocenters. The van der Waals surface area contributed by atoms with E-state index in [1.807, 2.05) is 39.0 Å². The molecule has 4 heteroatoms. The molecule has 1 aliphatic heterocycles. The molecule has 150 valence electrons. The SMILES string of the molecule is CCC(Oc1cc(C)ccc1C)C(=O)NCc1ccccc1CN1CCCC1. The Bertz CT molecular complexity index is 797. The summed E-state index contributed by atoms with van der Waals surface area (Å²) in [5.74, 6) is 0.732. The molecule has 2 aromatic rings. The van der Waals surface area contributed by atoms with Gasteiger partial charge in [-0.2, -0.15) is 0 Å². The molecule has 1 saturated heterocycles. The Morgan fingerprint density at radius 3 is 2.54 bits per heavy atom. The third-order valence-electron chi connectivity index (χ3n) is 5.44. The maximum atomic E-state index is 12.8. The van der Waals surface area contributed by atoms with Crippen molar-refractivity contribution in [3.05, 3.63) is 64.7 Å². The number of amides is 1. The van der Waals surface area contributed by atoms with Crippen LogP contribution in [0.5, 0.6) is 5.75 Å². The fourth-order valence-electron chi connectivity index (χ4n) is 3.67. The molecule has 0 bridgehead atoms. The Morgan fingerprint density at radius 1 is 1.11 bits per heavy atom. The number of likely N-dealkylation sites (tertiary alicyclic amines) is 1. The first-order valence-electron chi connectivity index (χ1n) is 10.4. The molecule has 1 N–H and O–H groups in total. The van der Waals surface area contributed by atoms with Crippen LogP contribution in [0.3, 0.4) is 0 Å². The number of ether oxygens (including phenoxy) is 1. The third-order valence-corrected chi connectivity index (χ3v) is 5.44. The van der Waals surface area contributed by atoms with Gasteiger partial charge in [0.15, 0.2) is 6.10 Å². The molecule has 1 atom stereocenters. The fourth-order valence-corrected chi connectivity index (χ4v) is 3.67. The monoisotopic (exact) mass is 380 g/mol. The van der Waals surface area contributed by atoms with E-state index in [0.29, 0.717) is 13.0 Å². The second kappa shape index (κ2) is 9.74. The van der Waals surface area contributed by atoms with Gasteiger partial charge in [0.1, 0.15) is 5.75 Å². The molecular formula is C24H32N2O2. The van der Waals surface area contributed by atoms with Gasteiger partial charge in [-0.3, -0.25) is 9.69 Å². The largest absolute Gasteiger partial charge is 0.480 e. The number of rotatable bonds is 8. The lowest BCUT2D eigenvalue weighted by Gasteiger charge is -2.20. The molecule has 0 radical (unpaired) electrons. The number of carbonyl (C=O) groups is 1. The van der Waals surface area contributed by atoms with Crippen molar-refractivity contribution in [2.24, 2.45) is 0 Å². The van der Waals surface area contributed by atoms with Crippen molar-refractivity contribution in [3.8, 4) is 5.75 Å². The van der Waals surface area contributed by atoms with E-state index >= 15 is 0 Å². The van der Waals surface area contributed by atoms with Gasteiger partial charge < -0.3 is 10.1 Å². The highest BCUT2D eigenvalue weighted by molar-refractivity contribution is 5.81. The van der Waals surface area contributed by atoms with Gasteiger partial charge in [-0.25, -0.2) is 0 Å². The van der Waals surface area contributed by atoms with E-state index in [0.717, 1.165) is 23.4 Å². The highest BCUT2D eigenvalue weighted by atomic mass is 16.5. The summed E-state index contributed by atoms with van der Waals surface area (Å²) in [6, 6.07) is 14.5. The Kier molecular flexibility index (Phi) is 7.10. The quantitative estimate of drug-likeness (QED) is 0.739. The molecule has 1 amide bonds. The predicted molar refractivity (Wildman–Crippen MR) is 113 cm³/mol. The third kappa shape index (κ3) is 5.35. The van der Waals surface area contributed by atoms with Crippen molar-refractivity contribution < 1.29 is 9.53 Å². The van der Waals surface area contributed by atoms with Crippen LogP contribution in [0.25, 0.3) is 0 Å². The van der Waals surface area contributed by atoms with Crippen molar-refractivity contribution >= 4 is 5.91 Å². The summed E-state index contributed by atoms with van der Waals surface area (Å²) < 4.78 is 6.04. The van der Waals surface area contributed by atoms with Crippen molar-refractivity contribution in [2.75, 3.05) is 13.1 Å². The van der Waals surface area contributed by atoms with Crippen LogP contribution in [0.4, 0.5) is 0 Å². The van der Waals surface area contributed by atoms with Gasteiger partial charge >= 0.3 is 0 Å². The van der Waals surface area contributed by atoms with E-state index in [2.05, 4.69) is 34.5 Å². The number of aryl methyl sites for hydroxylation is 2. The van der Waals surface area contributed by atoms with E-state index in [1.165, 1.54) is 37.1 Å². The molecule has 1 heterocycles. The second-order valence-corrected chi connectivity index (χ2v) is 7.75. The summed E-state index contributed by atoms with van der Waals surface area (Å²) in [6.07, 6.45) is 2.72. The summed E-state index contributed by atoms with van der Waals surface area (Å²) in [7, 11) is 0. The van der Waals surface area contributed by atoms with Crippen LogP contribution in [0.1, 0.15) is 48.4 Å². The van der Waals surface area contributed by atoms with Gasteiger partial charge in [0, 0.05) is 13.1 Å². The zero-order valence-electron chi connectivity index (χ0n) is 17.3. The standard InChI is InChI=1S/C24H32N2O2/c1-4-22(28-23-15-18(2)11-12-19(23)3)24(27)25-16-20-9-5-6-10-21(20)17-26-13-7-8-14-26/h5-6,9-12,15,22H,4,7-8,13-14,16-17H2,1-3H3,(H,25,27). The lowest BCUT2D eigenvalue weighted by atomic mass is 10.1. The normalized spacial score (nSPS) is 15.4. The lowest BCUT2D eigenvalue weighted by Crippen LogP contribution is -2.38. The summed E-state index contributed by atoms with van der Waals surface area (Å²) in [5, 5.41) is 3.09. The number of nitrogens with zero attached hydrogens (tertiary/aromatic N) is 1. The Hall–Kier alpha value is -2.33. The minimum absolute atomic E-state index is 0.0561. The molecule has 4 nitrogen and oxygen atoms in total.